The normalized spacial score (nSPS) is 11.1. The number of phenols is 2. The number of rotatable bonds is 6. The average Bonchev–Trinajstić information content (AvgIpc) is 2.62. The summed E-state index contributed by atoms with van der Waals surface area (Å²) in [6.45, 7) is 1.35. The molecule has 7 heteroatoms. The molecule has 7 nitrogen and oxygen atoms in total. The summed E-state index contributed by atoms with van der Waals surface area (Å²) in [6.07, 6.45) is 1.30. The van der Waals surface area contributed by atoms with Crippen LogP contribution in [0.25, 0.3) is 22.1 Å². The van der Waals surface area contributed by atoms with Gasteiger partial charge in [-0.3, -0.25) is 4.79 Å². The molecule has 0 aliphatic rings. The molecule has 0 fully saturated rings. The molecule has 0 saturated carbocycles. The molecular weight excluding hydrogens is 350 g/mol. The summed E-state index contributed by atoms with van der Waals surface area (Å²) >= 11 is 0. The first-order valence-electron chi connectivity index (χ1n) is 8.34. The summed E-state index contributed by atoms with van der Waals surface area (Å²) in [7, 11) is 5.23. The lowest BCUT2D eigenvalue weighted by molar-refractivity contribution is 0.261. The van der Waals surface area contributed by atoms with Crippen molar-refractivity contribution in [1.82, 2.24) is 4.90 Å². The van der Waals surface area contributed by atoms with Crippen molar-refractivity contribution in [3.8, 4) is 34.1 Å². The van der Waals surface area contributed by atoms with E-state index in [0.717, 1.165) is 6.54 Å². The summed E-state index contributed by atoms with van der Waals surface area (Å²) < 4.78 is 16.0. The number of benzene rings is 2. The van der Waals surface area contributed by atoms with E-state index in [-0.39, 0.29) is 28.0 Å². The smallest absolute Gasteiger partial charge is 0.204 e. The zero-order chi connectivity index (χ0) is 19.6. The monoisotopic (exact) mass is 371 g/mol. The van der Waals surface area contributed by atoms with Gasteiger partial charge in [0.25, 0.3) is 0 Å². The molecule has 142 valence electrons. The largest absolute Gasteiger partial charge is 0.504 e. The summed E-state index contributed by atoms with van der Waals surface area (Å²) in [5, 5.41) is 20.1. The van der Waals surface area contributed by atoms with Gasteiger partial charge in [0.1, 0.15) is 29.6 Å². The Labute approximate surface area is 156 Å². The predicted molar refractivity (Wildman–Crippen MR) is 102 cm³/mol. The second kappa shape index (κ2) is 7.59. The highest BCUT2D eigenvalue weighted by molar-refractivity contribution is 5.91. The van der Waals surface area contributed by atoms with Crippen LogP contribution in [0.3, 0.4) is 0 Å². The molecule has 1 aromatic heterocycles. The Hall–Kier alpha value is -3.19. The third-order valence-electron chi connectivity index (χ3n) is 4.15. The van der Waals surface area contributed by atoms with Gasteiger partial charge in [-0.2, -0.15) is 0 Å². The zero-order valence-corrected chi connectivity index (χ0v) is 15.4. The van der Waals surface area contributed by atoms with E-state index in [1.807, 2.05) is 19.0 Å². The Morgan fingerprint density at radius 3 is 2.48 bits per heavy atom. The second-order valence-electron chi connectivity index (χ2n) is 6.31. The molecule has 0 aliphatic heterocycles. The van der Waals surface area contributed by atoms with Crippen LogP contribution >= 0.6 is 0 Å². The SMILES string of the molecule is COc1c(O)cc2occ(-c3ccc(OCCN(C)C)cc3)c(=O)c2c1O. The number of hydrogen-bond acceptors (Lipinski definition) is 7. The van der Waals surface area contributed by atoms with Crippen LogP contribution in [-0.4, -0.2) is 49.5 Å². The number of methoxy groups -OCH3 is 1. The van der Waals surface area contributed by atoms with Gasteiger partial charge in [0.2, 0.25) is 11.2 Å². The number of aromatic hydroxyl groups is 2. The minimum absolute atomic E-state index is 0.0477. The number of fused-ring (bicyclic) bond motifs is 1. The summed E-state index contributed by atoms with van der Waals surface area (Å²) in [5.41, 5.74) is 0.555. The molecule has 0 atom stereocenters. The number of ether oxygens (including phenoxy) is 2. The molecule has 3 rings (SSSR count). The molecular formula is C20H21NO6. The summed E-state index contributed by atoms with van der Waals surface area (Å²) in [4.78, 5) is 14.9. The van der Waals surface area contributed by atoms with Crippen LogP contribution in [-0.2, 0) is 0 Å². The van der Waals surface area contributed by atoms with Crippen molar-refractivity contribution in [2.45, 2.75) is 0 Å². The van der Waals surface area contributed by atoms with E-state index in [1.165, 1.54) is 19.4 Å². The molecule has 1 heterocycles. The van der Waals surface area contributed by atoms with Crippen LogP contribution in [0, 0.1) is 0 Å². The lowest BCUT2D eigenvalue weighted by atomic mass is 10.0. The summed E-state index contributed by atoms with van der Waals surface area (Å²) in [6, 6.07) is 8.27. The highest BCUT2D eigenvalue weighted by Gasteiger charge is 2.19. The second-order valence-corrected chi connectivity index (χ2v) is 6.31. The van der Waals surface area contributed by atoms with Crippen LogP contribution in [0.2, 0.25) is 0 Å². The van der Waals surface area contributed by atoms with Gasteiger partial charge in [0, 0.05) is 12.6 Å². The van der Waals surface area contributed by atoms with Crippen LogP contribution in [0.1, 0.15) is 0 Å². The molecule has 0 spiro atoms. The van der Waals surface area contributed by atoms with Crippen molar-refractivity contribution >= 4 is 11.0 Å². The maximum atomic E-state index is 12.9. The zero-order valence-electron chi connectivity index (χ0n) is 15.4. The van der Waals surface area contributed by atoms with Crippen LogP contribution in [0.5, 0.6) is 23.0 Å². The van der Waals surface area contributed by atoms with Crippen LogP contribution < -0.4 is 14.9 Å². The van der Waals surface area contributed by atoms with Crippen molar-refractivity contribution in [1.29, 1.82) is 0 Å². The Morgan fingerprint density at radius 2 is 1.85 bits per heavy atom. The average molecular weight is 371 g/mol. The van der Waals surface area contributed by atoms with Gasteiger partial charge < -0.3 is 29.0 Å². The number of phenolic OH excluding ortho intramolecular Hbond substituents is 2. The molecule has 2 N–H and O–H groups in total. The molecule has 2 aromatic carbocycles. The Kier molecular flexibility index (Phi) is 5.23. The third kappa shape index (κ3) is 3.68. The minimum atomic E-state index is -0.452. The fourth-order valence-corrected chi connectivity index (χ4v) is 2.71. The van der Waals surface area contributed by atoms with Crippen molar-refractivity contribution in [2.24, 2.45) is 0 Å². The third-order valence-corrected chi connectivity index (χ3v) is 4.15. The number of hydrogen-bond donors (Lipinski definition) is 2. The predicted octanol–water partition coefficient (Wildman–Crippen LogP) is 2.82. The first kappa shape index (κ1) is 18.6. The van der Waals surface area contributed by atoms with Gasteiger partial charge in [0.15, 0.2) is 11.5 Å². The minimum Gasteiger partial charge on any atom is -0.504 e. The van der Waals surface area contributed by atoms with Gasteiger partial charge in [0.05, 0.1) is 12.7 Å². The van der Waals surface area contributed by atoms with Crippen LogP contribution in [0.15, 0.2) is 45.8 Å². The maximum absolute atomic E-state index is 12.9. The molecule has 0 unspecified atom stereocenters. The van der Waals surface area contributed by atoms with Gasteiger partial charge >= 0.3 is 0 Å². The topological polar surface area (TPSA) is 92.4 Å². The molecule has 0 radical (unpaired) electrons. The van der Waals surface area contributed by atoms with E-state index in [0.29, 0.717) is 17.9 Å². The van der Waals surface area contributed by atoms with Crippen LogP contribution in [0.4, 0.5) is 0 Å². The van der Waals surface area contributed by atoms with E-state index in [2.05, 4.69) is 0 Å². The van der Waals surface area contributed by atoms with Gasteiger partial charge in [-0.1, -0.05) is 12.1 Å². The van der Waals surface area contributed by atoms with E-state index in [9.17, 15) is 15.0 Å². The standard InChI is InChI=1S/C20H21NO6/c1-21(2)8-9-26-13-6-4-12(5-7-13)14-11-27-16-10-15(22)20(25-3)19(24)17(16)18(14)23/h4-7,10-11,22,24H,8-9H2,1-3H3. The highest BCUT2D eigenvalue weighted by Crippen LogP contribution is 2.41. The van der Waals surface area contributed by atoms with Crippen molar-refractivity contribution in [3.05, 3.63) is 46.8 Å². The van der Waals surface area contributed by atoms with E-state index in [1.54, 1.807) is 24.3 Å². The van der Waals surface area contributed by atoms with Gasteiger partial charge in [-0.15, -0.1) is 0 Å². The first-order valence-corrected chi connectivity index (χ1v) is 8.34. The Morgan fingerprint density at radius 1 is 1.15 bits per heavy atom. The molecule has 27 heavy (non-hydrogen) atoms. The van der Waals surface area contributed by atoms with Gasteiger partial charge in [-0.05, 0) is 31.8 Å². The quantitative estimate of drug-likeness (QED) is 0.688. The Balaban J connectivity index is 1.97. The Bertz CT molecular complexity index is 1010. The molecule has 0 saturated heterocycles. The maximum Gasteiger partial charge on any atom is 0.204 e. The van der Waals surface area contributed by atoms with E-state index in [4.69, 9.17) is 13.9 Å². The van der Waals surface area contributed by atoms with E-state index < -0.39 is 11.2 Å². The fourth-order valence-electron chi connectivity index (χ4n) is 2.71. The molecule has 0 bridgehead atoms. The van der Waals surface area contributed by atoms with Gasteiger partial charge in [-0.25, -0.2) is 0 Å². The van der Waals surface area contributed by atoms with Crippen molar-refractivity contribution < 1.29 is 24.1 Å². The van der Waals surface area contributed by atoms with Crippen molar-refractivity contribution in [3.63, 3.8) is 0 Å². The van der Waals surface area contributed by atoms with E-state index >= 15 is 0 Å². The molecule has 0 amide bonds. The molecule has 0 aliphatic carbocycles. The van der Waals surface area contributed by atoms with Crippen molar-refractivity contribution in [2.75, 3.05) is 34.4 Å². The highest BCUT2D eigenvalue weighted by atomic mass is 16.5. The lowest BCUT2D eigenvalue weighted by Crippen LogP contribution is -2.19. The summed E-state index contributed by atoms with van der Waals surface area (Å²) in [5.74, 6) is -0.235. The molecule has 3 aromatic rings. The fraction of sp³-hybridized carbons (Fsp3) is 0.250. The first-order chi connectivity index (χ1) is 12.9. The number of likely N-dealkylation sites (N-methyl/N-ethyl adjacent to an activating group) is 1. The lowest BCUT2D eigenvalue weighted by Gasteiger charge is -2.11. The number of nitrogens with zero attached hydrogens (tertiary/aromatic N) is 1.